The van der Waals surface area contributed by atoms with Crippen molar-refractivity contribution in [2.45, 2.75) is 11.8 Å². The SMILES string of the molecule is Cc1nc(Cl)nc(Nc2ccc(S(=O)(=O)CCN(C)c3n[c-]nc(Cl)n3)cc2)n1.[Db]. The number of sulfone groups is 1. The Labute approximate surface area is 177 Å². The monoisotopic (exact) mass is 721 g/mol. The Morgan fingerprint density at radius 2 is 1.73 bits per heavy atom. The molecule has 1 N–H and O–H groups in total. The average Bonchev–Trinajstić information content (AvgIpc) is 2.66. The molecule has 0 bridgehead atoms. The van der Waals surface area contributed by atoms with E-state index in [2.05, 4.69) is 41.5 Å². The van der Waals surface area contributed by atoms with Gasteiger partial charge in [0, 0.05) is 18.6 Å². The Balaban J connectivity index is 0.00000320. The van der Waals surface area contributed by atoms with Crippen molar-refractivity contribution in [2.75, 3.05) is 29.6 Å². The van der Waals surface area contributed by atoms with Crippen LogP contribution in [0.4, 0.5) is 17.6 Å². The molecule has 0 unspecified atom stereocenters. The molecular formula is C16H15Cl2DbN8O2S-. The minimum Gasteiger partial charge on any atom is -0.395 e. The molecule has 0 spiro atoms. The minimum absolute atomic E-state index is 0. The molecular weight excluding hydrogens is 707 g/mol. The van der Waals surface area contributed by atoms with Crippen LogP contribution in [0.1, 0.15) is 5.82 Å². The molecule has 0 aliphatic carbocycles. The van der Waals surface area contributed by atoms with Gasteiger partial charge in [-0.15, -0.1) is 11.6 Å². The Morgan fingerprint density at radius 1 is 1.03 bits per heavy atom. The van der Waals surface area contributed by atoms with Gasteiger partial charge in [-0.05, 0) is 49.8 Å². The number of aryl methyl sites for hydroxylation is 1. The van der Waals surface area contributed by atoms with Gasteiger partial charge in [-0.2, -0.15) is 9.97 Å². The van der Waals surface area contributed by atoms with Crippen molar-refractivity contribution in [2.24, 2.45) is 0 Å². The van der Waals surface area contributed by atoms with E-state index in [0.717, 1.165) is 0 Å². The van der Waals surface area contributed by atoms with Gasteiger partial charge in [-0.25, -0.2) is 13.4 Å². The zero-order valence-electron chi connectivity index (χ0n) is 16.0. The maximum absolute atomic E-state index is 12.6. The Bertz CT molecular complexity index is 1100. The molecule has 2 aromatic heterocycles. The van der Waals surface area contributed by atoms with Crippen molar-refractivity contribution in [3.05, 3.63) is 47.0 Å². The first kappa shape index (κ1) is 22.7. The van der Waals surface area contributed by atoms with Gasteiger partial charge in [0.05, 0.1) is 10.6 Å². The molecule has 154 valence electrons. The summed E-state index contributed by atoms with van der Waals surface area (Å²) in [5.74, 6) is 0.841. The van der Waals surface area contributed by atoms with Crippen LogP contribution in [0.25, 0.3) is 0 Å². The molecule has 1 aromatic carbocycles. The summed E-state index contributed by atoms with van der Waals surface area (Å²) in [4.78, 5) is 25.0. The van der Waals surface area contributed by atoms with Crippen molar-refractivity contribution in [1.82, 2.24) is 29.9 Å². The van der Waals surface area contributed by atoms with Crippen molar-refractivity contribution < 1.29 is 8.42 Å². The van der Waals surface area contributed by atoms with E-state index in [-0.39, 0.29) is 39.7 Å². The fraction of sp³-hybridized carbons (Fsp3) is 0.250. The van der Waals surface area contributed by atoms with Gasteiger partial charge < -0.3 is 25.2 Å². The van der Waals surface area contributed by atoms with Crippen LogP contribution in [0, 0.1) is 13.3 Å². The fourth-order valence-corrected chi connectivity index (χ4v) is 3.89. The third-order valence-electron chi connectivity index (χ3n) is 3.71. The summed E-state index contributed by atoms with van der Waals surface area (Å²) in [7, 11) is -1.87. The second-order valence-electron chi connectivity index (χ2n) is 5.87. The van der Waals surface area contributed by atoms with Crippen LogP contribution in [0.2, 0.25) is 10.6 Å². The smallest absolute Gasteiger partial charge is 0.231 e. The molecule has 10 nitrogen and oxygen atoms in total. The van der Waals surface area contributed by atoms with E-state index in [1.54, 1.807) is 31.0 Å². The molecule has 0 saturated carbocycles. The van der Waals surface area contributed by atoms with Crippen molar-refractivity contribution in [1.29, 1.82) is 0 Å². The zero-order valence-corrected chi connectivity index (χ0v) is 24.8. The van der Waals surface area contributed by atoms with Gasteiger partial charge in [0.15, 0.2) is 9.84 Å². The number of nitrogens with one attached hydrogen (secondary N) is 1. The largest absolute Gasteiger partial charge is 0.395 e. The molecule has 0 radical (unpaired) electrons. The molecule has 3 aromatic rings. The molecule has 0 fully saturated rings. The van der Waals surface area contributed by atoms with Gasteiger partial charge in [-0.1, -0.05) is 0 Å². The third kappa shape index (κ3) is 5.69. The number of hydrogen-bond donors (Lipinski definition) is 1. The second-order valence-corrected chi connectivity index (χ2v) is 8.65. The van der Waals surface area contributed by atoms with Crippen LogP contribution in [-0.2, 0) is 9.84 Å². The summed E-state index contributed by atoms with van der Waals surface area (Å²) in [5, 5.41) is 3.01. The predicted molar refractivity (Wildman–Crippen MR) is 108 cm³/mol. The molecule has 2 heterocycles. The summed E-state index contributed by atoms with van der Waals surface area (Å²) in [6, 6.07) is 6.23. The van der Waals surface area contributed by atoms with Crippen LogP contribution in [0.3, 0.4) is 0 Å². The van der Waals surface area contributed by atoms with Crippen molar-refractivity contribution in [3.63, 3.8) is 0 Å². The summed E-state index contributed by atoms with van der Waals surface area (Å²) in [6.07, 6.45) is 2.36. The number of benzene rings is 1. The molecule has 0 amide bonds. The van der Waals surface area contributed by atoms with E-state index < -0.39 is 9.84 Å². The topological polar surface area (TPSA) is 127 Å². The quantitative estimate of drug-likeness (QED) is 0.363. The van der Waals surface area contributed by atoms with E-state index in [1.807, 2.05) is 0 Å². The number of halogens is 2. The molecule has 0 atom stereocenters. The normalized spacial score (nSPS) is 10.9. The fourth-order valence-electron chi connectivity index (χ4n) is 2.27. The van der Waals surface area contributed by atoms with Crippen LogP contribution in [0.5, 0.6) is 0 Å². The van der Waals surface area contributed by atoms with Crippen LogP contribution in [0.15, 0.2) is 29.2 Å². The third-order valence-corrected chi connectivity index (χ3v) is 5.76. The number of nitrogens with zero attached hydrogens (tertiary/aromatic N) is 7. The molecule has 0 aliphatic rings. The molecule has 3 rings (SSSR count). The molecule has 14 heteroatoms. The predicted octanol–water partition coefficient (Wildman–Crippen LogP) is 2.13. The first-order valence-corrected chi connectivity index (χ1v) is 10.6. The number of rotatable bonds is 7. The van der Waals surface area contributed by atoms with Crippen LogP contribution >= 0.6 is 23.2 Å². The summed E-state index contributed by atoms with van der Waals surface area (Å²) in [6.45, 7) is 1.85. The number of hydrogen-bond acceptors (Lipinski definition) is 10. The van der Waals surface area contributed by atoms with Gasteiger partial charge in [-0.3, -0.25) is 0 Å². The van der Waals surface area contributed by atoms with Gasteiger partial charge in [0.1, 0.15) is 17.1 Å². The summed E-state index contributed by atoms with van der Waals surface area (Å²) in [5.41, 5.74) is 0.609. The van der Waals surface area contributed by atoms with E-state index in [4.69, 9.17) is 23.2 Å². The van der Waals surface area contributed by atoms with E-state index in [0.29, 0.717) is 11.5 Å². The Hall–Kier alpha value is -3.63. The number of anilines is 3. The zero-order chi connectivity index (χ0) is 21.0. The summed E-state index contributed by atoms with van der Waals surface area (Å²) >= 11 is 11.5. The standard InChI is InChI=1S/C16H15Cl2N8O2S.Db/c1-10-21-14(18)24-15(22-10)23-11-3-5-12(6-4-11)29(27,28)8-7-26(2)16-20-9-19-13(17)25-16;/h3-6H,7-8H2,1-2H3,(H,21,22,23,24);/q-1;. The summed E-state index contributed by atoms with van der Waals surface area (Å²) < 4.78 is 25.2. The average molecular weight is 722 g/mol. The van der Waals surface area contributed by atoms with Crippen LogP contribution < -0.4 is 10.2 Å². The molecule has 0 saturated heterocycles. The van der Waals surface area contributed by atoms with Crippen LogP contribution in [-0.4, -0.2) is 57.7 Å². The van der Waals surface area contributed by atoms with Crippen molar-refractivity contribution >= 4 is 50.6 Å². The molecule has 30 heavy (non-hydrogen) atoms. The second kappa shape index (κ2) is 9.25. The van der Waals surface area contributed by atoms with Crippen molar-refractivity contribution in [3.8, 4) is 0 Å². The van der Waals surface area contributed by atoms with Gasteiger partial charge >= 0.3 is 0 Å². The Morgan fingerprint density at radius 3 is 2.37 bits per heavy atom. The van der Waals surface area contributed by atoms with Gasteiger partial charge in [0.25, 0.3) is 0 Å². The van der Waals surface area contributed by atoms with E-state index >= 15 is 0 Å². The molecule has 0 aliphatic heterocycles. The number of aromatic nitrogens is 6. The van der Waals surface area contributed by atoms with Gasteiger partial charge in [0.2, 0.25) is 11.2 Å². The maximum Gasteiger partial charge on any atom is 0.231 e. The first-order chi connectivity index (χ1) is 13.7. The first-order valence-electron chi connectivity index (χ1n) is 8.20. The Kier molecular flexibility index (Phi) is 6.98. The minimum atomic E-state index is -3.52. The van der Waals surface area contributed by atoms with E-state index in [9.17, 15) is 8.42 Å². The van der Waals surface area contributed by atoms with E-state index in [1.165, 1.54) is 12.1 Å². The maximum atomic E-state index is 12.6.